The second-order valence-electron chi connectivity index (χ2n) is 5.75. The molecule has 0 bridgehead atoms. The van der Waals surface area contributed by atoms with E-state index in [-0.39, 0.29) is 16.8 Å². The Morgan fingerprint density at radius 3 is 2.83 bits per heavy atom. The van der Waals surface area contributed by atoms with Crippen LogP contribution in [-0.4, -0.2) is 38.8 Å². The molecule has 0 aliphatic carbocycles. The fourth-order valence-electron chi connectivity index (χ4n) is 3.07. The normalized spacial score (nSPS) is 22.1. The summed E-state index contributed by atoms with van der Waals surface area (Å²) in [6.45, 7) is 1.38. The Hall–Kier alpha value is -2.25. The van der Waals surface area contributed by atoms with E-state index >= 15 is 0 Å². The standard InChI is InChI=1S/C17H15FN2O3S/c18-13-5-3-4-12(10-13)15-11-20(8-9-23-15)17-14-6-1-2-7-16(14)24(21,22)19-17/h1-7,10,15H,8-9,11H2. The van der Waals surface area contributed by atoms with Crippen LogP contribution in [0, 0.1) is 5.82 Å². The maximum Gasteiger partial charge on any atom is 0.285 e. The summed E-state index contributed by atoms with van der Waals surface area (Å²) in [7, 11) is -3.65. The molecule has 1 fully saturated rings. The van der Waals surface area contributed by atoms with Gasteiger partial charge in [-0.1, -0.05) is 24.3 Å². The number of fused-ring (bicyclic) bond motifs is 1. The number of hydrogen-bond acceptors (Lipinski definition) is 4. The molecule has 0 aromatic heterocycles. The summed E-state index contributed by atoms with van der Waals surface area (Å²) in [4.78, 5) is 2.12. The zero-order valence-electron chi connectivity index (χ0n) is 12.7. The minimum Gasteiger partial charge on any atom is -0.370 e. The molecular weight excluding hydrogens is 331 g/mol. The molecule has 124 valence electrons. The van der Waals surface area contributed by atoms with Gasteiger partial charge in [0.15, 0.2) is 5.84 Å². The smallest absolute Gasteiger partial charge is 0.285 e. The number of ether oxygens (including phenoxy) is 1. The summed E-state index contributed by atoms with van der Waals surface area (Å²) >= 11 is 0. The number of rotatable bonds is 1. The Kier molecular flexibility index (Phi) is 3.62. The zero-order valence-corrected chi connectivity index (χ0v) is 13.5. The molecule has 2 aliphatic rings. The zero-order chi connectivity index (χ0) is 16.7. The minimum absolute atomic E-state index is 0.230. The van der Waals surface area contributed by atoms with Crippen molar-refractivity contribution in [3.05, 3.63) is 65.5 Å². The predicted molar refractivity (Wildman–Crippen MR) is 86.8 cm³/mol. The van der Waals surface area contributed by atoms with E-state index in [1.165, 1.54) is 12.1 Å². The number of amidine groups is 1. The highest BCUT2D eigenvalue weighted by molar-refractivity contribution is 7.90. The molecule has 2 aliphatic heterocycles. The van der Waals surface area contributed by atoms with E-state index in [2.05, 4.69) is 4.40 Å². The Labute approximate surface area is 139 Å². The van der Waals surface area contributed by atoms with Crippen molar-refractivity contribution in [3.63, 3.8) is 0 Å². The predicted octanol–water partition coefficient (Wildman–Crippen LogP) is 2.35. The largest absolute Gasteiger partial charge is 0.370 e. The van der Waals surface area contributed by atoms with Crippen LogP contribution in [-0.2, 0) is 14.8 Å². The summed E-state index contributed by atoms with van der Waals surface area (Å²) in [6.07, 6.45) is -0.326. The van der Waals surface area contributed by atoms with Gasteiger partial charge in [-0.05, 0) is 29.8 Å². The van der Waals surface area contributed by atoms with E-state index in [9.17, 15) is 12.8 Å². The SMILES string of the molecule is O=S1(=O)N=C(N2CCOC(c3cccc(F)c3)C2)c2ccccc21. The number of halogens is 1. The summed E-state index contributed by atoms with van der Waals surface area (Å²) in [5.74, 6) is 0.120. The van der Waals surface area contributed by atoms with Gasteiger partial charge in [0.2, 0.25) is 0 Å². The molecule has 5 nitrogen and oxygen atoms in total. The molecule has 0 amide bonds. The molecule has 1 unspecified atom stereocenters. The van der Waals surface area contributed by atoms with Crippen LogP contribution in [0.4, 0.5) is 4.39 Å². The van der Waals surface area contributed by atoms with E-state index in [1.807, 2.05) is 4.90 Å². The molecule has 1 atom stereocenters. The number of morpholine rings is 1. The van der Waals surface area contributed by atoms with E-state index in [0.29, 0.717) is 31.1 Å². The van der Waals surface area contributed by atoms with Crippen LogP contribution in [0.15, 0.2) is 57.8 Å². The molecular formula is C17H15FN2O3S. The third kappa shape index (κ3) is 2.59. The van der Waals surface area contributed by atoms with Crippen molar-refractivity contribution in [2.75, 3.05) is 19.7 Å². The number of benzene rings is 2. The van der Waals surface area contributed by atoms with Crippen LogP contribution >= 0.6 is 0 Å². The van der Waals surface area contributed by atoms with Gasteiger partial charge in [0.25, 0.3) is 10.0 Å². The van der Waals surface area contributed by atoms with Gasteiger partial charge >= 0.3 is 0 Å². The molecule has 0 N–H and O–H groups in total. The Balaban J connectivity index is 1.66. The molecule has 0 saturated carbocycles. The van der Waals surface area contributed by atoms with Crippen LogP contribution in [0.5, 0.6) is 0 Å². The fourth-order valence-corrected chi connectivity index (χ4v) is 4.29. The molecule has 7 heteroatoms. The highest BCUT2D eigenvalue weighted by Crippen LogP contribution is 2.30. The third-order valence-corrected chi connectivity index (χ3v) is 5.52. The first-order chi connectivity index (χ1) is 11.5. The average molecular weight is 346 g/mol. The van der Waals surface area contributed by atoms with Gasteiger partial charge in [0.1, 0.15) is 16.8 Å². The first-order valence-corrected chi connectivity index (χ1v) is 9.05. The van der Waals surface area contributed by atoms with E-state index < -0.39 is 10.0 Å². The highest BCUT2D eigenvalue weighted by Gasteiger charge is 2.34. The molecule has 1 saturated heterocycles. The molecule has 0 spiro atoms. The van der Waals surface area contributed by atoms with Gasteiger partial charge in [-0.15, -0.1) is 4.40 Å². The van der Waals surface area contributed by atoms with Gasteiger partial charge in [-0.2, -0.15) is 8.42 Å². The molecule has 2 aromatic carbocycles. The van der Waals surface area contributed by atoms with Crippen LogP contribution < -0.4 is 0 Å². The lowest BCUT2D eigenvalue weighted by Crippen LogP contribution is -2.42. The van der Waals surface area contributed by atoms with Crippen molar-refractivity contribution in [1.29, 1.82) is 0 Å². The Morgan fingerprint density at radius 1 is 1.17 bits per heavy atom. The summed E-state index contributed by atoms with van der Waals surface area (Å²) in [5, 5.41) is 0. The third-order valence-electron chi connectivity index (χ3n) is 4.20. The van der Waals surface area contributed by atoms with Crippen LogP contribution in [0.2, 0.25) is 0 Å². The number of hydrogen-bond donors (Lipinski definition) is 0. The van der Waals surface area contributed by atoms with Crippen LogP contribution in [0.3, 0.4) is 0 Å². The molecule has 2 aromatic rings. The quantitative estimate of drug-likeness (QED) is 0.795. The second kappa shape index (κ2) is 5.68. The molecule has 0 radical (unpaired) electrons. The lowest BCUT2D eigenvalue weighted by atomic mass is 10.1. The monoisotopic (exact) mass is 346 g/mol. The lowest BCUT2D eigenvalue weighted by Gasteiger charge is -2.34. The van der Waals surface area contributed by atoms with Gasteiger partial charge < -0.3 is 9.64 Å². The van der Waals surface area contributed by atoms with E-state index in [1.54, 1.807) is 36.4 Å². The average Bonchev–Trinajstić information content (AvgIpc) is 2.87. The summed E-state index contributed by atoms with van der Waals surface area (Å²) < 4.78 is 47.5. The van der Waals surface area contributed by atoms with Crippen molar-refractivity contribution in [2.45, 2.75) is 11.0 Å². The van der Waals surface area contributed by atoms with Crippen LogP contribution in [0.1, 0.15) is 17.2 Å². The summed E-state index contributed by atoms with van der Waals surface area (Å²) in [5.41, 5.74) is 1.34. The van der Waals surface area contributed by atoms with E-state index in [0.717, 1.165) is 5.56 Å². The first kappa shape index (κ1) is 15.3. The van der Waals surface area contributed by atoms with Crippen molar-refractivity contribution in [1.82, 2.24) is 4.90 Å². The number of sulfonamides is 1. The van der Waals surface area contributed by atoms with Crippen molar-refractivity contribution in [3.8, 4) is 0 Å². The topological polar surface area (TPSA) is 59.0 Å². The van der Waals surface area contributed by atoms with E-state index in [4.69, 9.17) is 4.74 Å². The van der Waals surface area contributed by atoms with Gasteiger partial charge in [-0.3, -0.25) is 0 Å². The van der Waals surface area contributed by atoms with Gasteiger partial charge in [0.05, 0.1) is 6.61 Å². The van der Waals surface area contributed by atoms with Crippen molar-refractivity contribution < 1.29 is 17.5 Å². The first-order valence-electron chi connectivity index (χ1n) is 7.61. The Bertz CT molecular complexity index is 927. The van der Waals surface area contributed by atoms with Crippen molar-refractivity contribution in [2.24, 2.45) is 4.40 Å². The molecule has 4 rings (SSSR count). The molecule has 2 heterocycles. The second-order valence-corrected chi connectivity index (χ2v) is 7.32. The maximum atomic E-state index is 13.4. The van der Waals surface area contributed by atoms with Crippen LogP contribution in [0.25, 0.3) is 0 Å². The summed E-state index contributed by atoms with van der Waals surface area (Å²) in [6, 6.07) is 13.1. The fraction of sp³-hybridized carbons (Fsp3) is 0.235. The van der Waals surface area contributed by atoms with Crippen molar-refractivity contribution >= 4 is 15.9 Å². The van der Waals surface area contributed by atoms with Gasteiger partial charge in [-0.25, -0.2) is 4.39 Å². The van der Waals surface area contributed by atoms with Gasteiger partial charge in [0, 0.05) is 18.7 Å². The highest BCUT2D eigenvalue weighted by atomic mass is 32.2. The lowest BCUT2D eigenvalue weighted by molar-refractivity contribution is -0.00677. The minimum atomic E-state index is -3.65. The maximum absolute atomic E-state index is 13.4. The number of nitrogens with zero attached hydrogens (tertiary/aromatic N) is 2. The molecule has 24 heavy (non-hydrogen) atoms. The Morgan fingerprint density at radius 2 is 2.00 bits per heavy atom.